The van der Waals surface area contributed by atoms with Crippen molar-refractivity contribution in [1.29, 1.82) is 0 Å². The van der Waals surface area contributed by atoms with Gasteiger partial charge in [0.1, 0.15) is 0 Å². The third kappa shape index (κ3) is 2.44. The van der Waals surface area contributed by atoms with Crippen LogP contribution in [0.25, 0.3) is 0 Å². The molecule has 0 saturated carbocycles. The summed E-state index contributed by atoms with van der Waals surface area (Å²) >= 11 is 4.54. The maximum Gasteiger partial charge on any atom is 0.161 e. The first-order valence-electron chi connectivity index (χ1n) is 5.42. The second-order valence-electron chi connectivity index (χ2n) is 4.09. The van der Waals surface area contributed by atoms with E-state index < -0.39 is 0 Å². The standard InChI is InChI=1S/C12H17NO2S/c1-13(2)12(16)9-4-5-10-11(8-9)15-7-3-6-14-10/h4-5,8,12,16H,3,6-7H2,1-2H3. The van der Waals surface area contributed by atoms with E-state index in [2.05, 4.69) is 12.6 Å². The predicted octanol–water partition coefficient (Wildman–Crippen LogP) is 2.34. The molecular weight excluding hydrogens is 222 g/mol. The molecule has 0 fully saturated rings. The Morgan fingerprint density at radius 3 is 2.56 bits per heavy atom. The van der Waals surface area contributed by atoms with Gasteiger partial charge in [0.25, 0.3) is 0 Å². The molecule has 16 heavy (non-hydrogen) atoms. The lowest BCUT2D eigenvalue weighted by Crippen LogP contribution is -2.14. The highest BCUT2D eigenvalue weighted by molar-refractivity contribution is 7.80. The Balaban J connectivity index is 2.27. The summed E-state index contributed by atoms with van der Waals surface area (Å²) < 4.78 is 11.2. The third-order valence-corrected chi connectivity index (χ3v) is 3.32. The molecule has 1 aromatic carbocycles. The van der Waals surface area contributed by atoms with Crippen molar-refractivity contribution in [3.05, 3.63) is 23.8 Å². The third-order valence-electron chi connectivity index (χ3n) is 2.56. The molecule has 0 radical (unpaired) electrons. The molecule has 1 aliphatic rings. The molecule has 1 heterocycles. The minimum atomic E-state index is 0.0807. The molecule has 0 saturated heterocycles. The molecule has 0 amide bonds. The molecule has 4 heteroatoms. The fourth-order valence-corrected chi connectivity index (χ4v) is 1.80. The average molecular weight is 239 g/mol. The van der Waals surface area contributed by atoms with Crippen LogP contribution in [0.1, 0.15) is 17.4 Å². The second-order valence-corrected chi connectivity index (χ2v) is 4.58. The molecule has 88 valence electrons. The van der Waals surface area contributed by atoms with Gasteiger partial charge in [-0.05, 0) is 31.8 Å². The maximum atomic E-state index is 5.64. The zero-order valence-electron chi connectivity index (χ0n) is 9.64. The molecule has 0 aromatic heterocycles. The van der Waals surface area contributed by atoms with Crippen molar-refractivity contribution in [2.45, 2.75) is 11.8 Å². The van der Waals surface area contributed by atoms with Crippen molar-refractivity contribution in [3.8, 4) is 11.5 Å². The lowest BCUT2D eigenvalue weighted by Gasteiger charge is -2.20. The monoisotopic (exact) mass is 239 g/mol. The molecule has 1 aliphatic heterocycles. The van der Waals surface area contributed by atoms with Gasteiger partial charge in [0.05, 0.1) is 18.6 Å². The van der Waals surface area contributed by atoms with E-state index in [1.165, 1.54) is 0 Å². The van der Waals surface area contributed by atoms with Crippen molar-refractivity contribution < 1.29 is 9.47 Å². The van der Waals surface area contributed by atoms with E-state index in [0.29, 0.717) is 0 Å². The predicted molar refractivity (Wildman–Crippen MR) is 67.5 cm³/mol. The molecule has 1 atom stereocenters. The van der Waals surface area contributed by atoms with Crippen LogP contribution in [0, 0.1) is 0 Å². The number of ether oxygens (including phenoxy) is 2. The second kappa shape index (κ2) is 4.97. The highest BCUT2D eigenvalue weighted by atomic mass is 32.1. The van der Waals surface area contributed by atoms with Crippen molar-refractivity contribution >= 4 is 12.6 Å². The number of thiol groups is 1. The lowest BCUT2D eigenvalue weighted by atomic mass is 10.2. The lowest BCUT2D eigenvalue weighted by molar-refractivity contribution is 0.296. The van der Waals surface area contributed by atoms with E-state index in [4.69, 9.17) is 9.47 Å². The molecule has 0 bridgehead atoms. The van der Waals surface area contributed by atoms with Crippen molar-refractivity contribution in [2.24, 2.45) is 0 Å². The highest BCUT2D eigenvalue weighted by Crippen LogP contribution is 2.34. The van der Waals surface area contributed by atoms with Crippen LogP contribution in [0.3, 0.4) is 0 Å². The van der Waals surface area contributed by atoms with E-state index in [1.807, 2.05) is 37.2 Å². The van der Waals surface area contributed by atoms with E-state index in [1.54, 1.807) is 0 Å². The molecule has 0 N–H and O–H groups in total. The molecule has 3 nitrogen and oxygen atoms in total. The van der Waals surface area contributed by atoms with Crippen LogP contribution in [0.4, 0.5) is 0 Å². The molecule has 1 unspecified atom stereocenters. The van der Waals surface area contributed by atoms with Gasteiger partial charge in [0.15, 0.2) is 11.5 Å². The average Bonchev–Trinajstić information content (AvgIpc) is 2.51. The number of fused-ring (bicyclic) bond motifs is 1. The van der Waals surface area contributed by atoms with Crippen LogP contribution in [-0.2, 0) is 0 Å². The summed E-state index contributed by atoms with van der Waals surface area (Å²) in [5.41, 5.74) is 1.12. The van der Waals surface area contributed by atoms with Crippen molar-refractivity contribution in [1.82, 2.24) is 4.90 Å². The van der Waals surface area contributed by atoms with Crippen LogP contribution in [-0.4, -0.2) is 32.2 Å². The fraction of sp³-hybridized carbons (Fsp3) is 0.500. The van der Waals surface area contributed by atoms with Crippen molar-refractivity contribution in [3.63, 3.8) is 0 Å². The summed E-state index contributed by atoms with van der Waals surface area (Å²) in [5, 5.41) is 0.0807. The van der Waals surface area contributed by atoms with E-state index in [0.717, 1.165) is 36.7 Å². The maximum absolute atomic E-state index is 5.64. The Bertz CT molecular complexity index is 368. The first-order valence-corrected chi connectivity index (χ1v) is 5.94. The Morgan fingerprint density at radius 2 is 1.88 bits per heavy atom. The smallest absolute Gasteiger partial charge is 0.161 e. The Labute approximate surface area is 102 Å². The van der Waals surface area contributed by atoms with Crippen LogP contribution in [0.15, 0.2) is 18.2 Å². The molecule has 0 spiro atoms. The van der Waals surface area contributed by atoms with E-state index in [9.17, 15) is 0 Å². The van der Waals surface area contributed by atoms with Crippen LogP contribution < -0.4 is 9.47 Å². The molecule has 1 aromatic rings. The van der Waals surface area contributed by atoms with Gasteiger partial charge < -0.3 is 9.47 Å². The number of hydrogen-bond acceptors (Lipinski definition) is 4. The van der Waals surface area contributed by atoms with Gasteiger partial charge in [0.2, 0.25) is 0 Å². The summed E-state index contributed by atoms with van der Waals surface area (Å²) in [6.45, 7) is 1.44. The summed E-state index contributed by atoms with van der Waals surface area (Å²) in [6.07, 6.45) is 0.933. The molecular formula is C12H17NO2S. The fourth-order valence-electron chi connectivity index (χ4n) is 1.64. The van der Waals surface area contributed by atoms with Gasteiger partial charge in [-0.15, -0.1) is 0 Å². The first-order chi connectivity index (χ1) is 7.68. The topological polar surface area (TPSA) is 21.7 Å². The molecule has 2 rings (SSSR count). The minimum Gasteiger partial charge on any atom is -0.490 e. The Morgan fingerprint density at radius 1 is 1.19 bits per heavy atom. The summed E-state index contributed by atoms with van der Waals surface area (Å²) in [7, 11) is 4.00. The summed E-state index contributed by atoms with van der Waals surface area (Å²) in [4.78, 5) is 2.04. The van der Waals surface area contributed by atoms with Gasteiger partial charge in [-0.25, -0.2) is 0 Å². The summed E-state index contributed by atoms with van der Waals surface area (Å²) in [5.74, 6) is 1.66. The van der Waals surface area contributed by atoms with Crippen molar-refractivity contribution in [2.75, 3.05) is 27.3 Å². The van der Waals surface area contributed by atoms with Gasteiger partial charge in [0, 0.05) is 6.42 Å². The number of nitrogens with zero attached hydrogens (tertiary/aromatic N) is 1. The van der Waals surface area contributed by atoms with E-state index in [-0.39, 0.29) is 5.37 Å². The van der Waals surface area contributed by atoms with Gasteiger partial charge >= 0.3 is 0 Å². The quantitative estimate of drug-likeness (QED) is 0.632. The van der Waals surface area contributed by atoms with Crippen LogP contribution >= 0.6 is 12.6 Å². The zero-order chi connectivity index (χ0) is 11.5. The number of hydrogen-bond donors (Lipinski definition) is 1. The Kier molecular flexibility index (Phi) is 3.61. The minimum absolute atomic E-state index is 0.0807. The molecule has 0 aliphatic carbocycles. The number of rotatable bonds is 2. The first kappa shape index (κ1) is 11.6. The van der Waals surface area contributed by atoms with Crippen LogP contribution in [0.5, 0.6) is 11.5 Å². The van der Waals surface area contributed by atoms with Crippen LogP contribution in [0.2, 0.25) is 0 Å². The van der Waals surface area contributed by atoms with Gasteiger partial charge in [-0.1, -0.05) is 6.07 Å². The SMILES string of the molecule is CN(C)C(S)c1ccc2c(c1)OCCCO2. The highest BCUT2D eigenvalue weighted by Gasteiger charge is 2.14. The number of benzene rings is 1. The summed E-state index contributed by atoms with van der Waals surface area (Å²) in [6, 6.07) is 6.01. The van der Waals surface area contributed by atoms with Gasteiger partial charge in [-0.3, -0.25) is 4.90 Å². The zero-order valence-corrected chi connectivity index (χ0v) is 10.5. The van der Waals surface area contributed by atoms with E-state index >= 15 is 0 Å². The van der Waals surface area contributed by atoms with Gasteiger partial charge in [-0.2, -0.15) is 12.6 Å². The Hall–Kier alpha value is -0.870. The largest absolute Gasteiger partial charge is 0.490 e. The normalized spacial score (nSPS) is 17.0.